The van der Waals surface area contributed by atoms with Gasteiger partial charge in [0, 0.05) is 24.9 Å². The lowest BCUT2D eigenvalue weighted by atomic mass is 10.2. The Morgan fingerprint density at radius 2 is 2.05 bits per heavy atom. The Labute approximate surface area is 129 Å². The first-order chi connectivity index (χ1) is 10.1. The van der Waals surface area contributed by atoms with E-state index in [1.54, 1.807) is 23.7 Å². The van der Waals surface area contributed by atoms with Crippen LogP contribution in [0.3, 0.4) is 0 Å². The summed E-state index contributed by atoms with van der Waals surface area (Å²) in [6, 6.07) is 8.20. The van der Waals surface area contributed by atoms with Gasteiger partial charge in [-0.1, -0.05) is 19.1 Å². The largest absolute Gasteiger partial charge is 0.335 e. The summed E-state index contributed by atoms with van der Waals surface area (Å²) in [6.45, 7) is 2.61. The van der Waals surface area contributed by atoms with Crippen LogP contribution in [0.15, 0.2) is 29.2 Å². The first kappa shape index (κ1) is 15.6. The van der Waals surface area contributed by atoms with Crippen LogP contribution in [0.4, 0.5) is 0 Å². The van der Waals surface area contributed by atoms with E-state index in [9.17, 15) is 4.79 Å². The molecule has 0 saturated heterocycles. The maximum absolute atomic E-state index is 12.3. The summed E-state index contributed by atoms with van der Waals surface area (Å²) in [5, 5.41) is 6.80. The van der Waals surface area contributed by atoms with Crippen molar-refractivity contribution < 1.29 is 4.79 Å². The molecule has 21 heavy (non-hydrogen) atoms. The maximum Gasteiger partial charge on any atom is 0.293 e. The van der Waals surface area contributed by atoms with Gasteiger partial charge >= 0.3 is 0 Å². The summed E-state index contributed by atoms with van der Waals surface area (Å²) in [7, 11) is 1.76. The number of H-pyrrole nitrogens is 1. The standard InChI is InChI=1S/C15H20N4OS/c1-4-5-13-16-14(18-17-13)15(20)19(2)10-11-6-8-12(21-3)9-7-11/h6-9H,4-5,10H2,1-3H3,(H,16,17,18). The van der Waals surface area contributed by atoms with Gasteiger partial charge in [-0.25, -0.2) is 4.98 Å². The molecule has 0 atom stereocenters. The quantitative estimate of drug-likeness (QED) is 0.834. The van der Waals surface area contributed by atoms with Gasteiger partial charge in [-0.15, -0.1) is 16.9 Å². The van der Waals surface area contributed by atoms with Gasteiger partial charge in [-0.05, 0) is 30.4 Å². The van der Waals surface area contributed by atoms with Crippen LogP contribution >= 0.6 is 11.8 Å². The lowest BCUT2D eigenvalue weighted by Crippen LogP contribution is -2.27. The van der Waals surface area contributed by atoms with E-state index >= 15 is 0 Å². The highest BCUT2D eigenvalue weighted by Gasteiger charge is 2.17. The molecule has 1 N–H and O–H groups in total. The van der Waals surface area contributed by atoms with E-state index < -0.39 is 0 Å². The number of nitrogens with zero attached hydrogens (tertiary/aromatic N) is 3. The minimum absolute atomic E-state index is 0.164. The zero-order chi connectivity index (χ0) is 15.2. The molecule has 0 aliphatic carbocycles. The van der Waals surface area contributed by atoms with Gasteiger partial charge in [-0.3, -0.25) is 9.89 Å². The van der Waals surface area contributed by atoms with Gasteiger partial charge in [0.05, 0.1) is 0 Å². The van der Waals surface area contributed by atoms with Crippen LogP contribution in [-0.2, 0) is 13.0 Å². The number of hydrogen-bond acceptors (Lipinski definition) is 4. The van der Waals surface area contributed by atoms with Crippen molar-refractivity contribution >= 4 is 17.7 Å². The van der Waals surface area contributed by atoms with Gasteiger partial charge in [0.2, 0.25) is 5.82 Å². The van der Waals surface area contributed by atoms with Crippen LogP contribution in [0.1, 0.15) is 35.4 Å². The van der Waals surface area contributed by atoms with E-state index in [0.717, 1.165) is 24.2 Å². The molecule has 1 heterocycles. The van der Waals surface area contributed by atoms with Gasteiger partial charge in [-0.2, -0.15) is 0 Å². The SMILES string of the molecule is CCCc1nc(C(=O)N(C)Cc2ccc(SC)cc2)n[nH]1. The number of amides is 1. The van der Waals surface area contributed by atoms with Crippen LogP contribution < -0.4 is 0 Å². The number of carbonyl (C=O) groups excluding carboxylic acids is 1. The third-order valence-electron chi connectivity index (χ3n) is 3.14. The number of aromatic nitrogens is 3. The summed E-state index contributed by atoms with van der Waals surface area (Å²) in [5.41, 5.74) is 1.09. The van der Waals surface area contributed by atoms with E-state index in [-0.39, 0.29) is 11.7 Å². The first-order valence-corrected chi connectivity index (χ1v) is 8.16. The van der Waals surface area contributed by atoms with Crippen LogP contribution in [0, 0.1) is 0 Å². The van der Waals surface area contributed by atoms with Crippen molar-refractivity contribution in [3.8, 4) is 0 Å². The third-order valence-corrected chi connectivity index (χ3v) is 3.88. The molecule has 0 unspecified atom stereocenters. The molecular formula is C15H20N4OS. The number of benzene rings is 1. The number of rotatable bonds is 6. The van der Waals surface area contributed by atoms with Crippen molar-refractivity contribution in [2.45, 2.75) is 31.2 Å². The summed E-state index contributed by atoms with van der Waals surface area (Å²) >= 11 is 1.70. The van der Waals surface area contributed by atoms with Gasteiger partial charge in [0.25, 0.3) is 5.91 Å². The molecule has 5 nitrogen and oxygen atoms in total. The monoisotopic (exact) mass is 304 g/mol. The van der Waals surface area contributed by atoms with E-state index in [2.05, 4.69) is 34.2 Å². The molecule has 1 aromatic heterocycles. The normalized spacial score (nSPS) is 10.6. The molecule has 0 aliphatic rings. The Hall–Kier alpha value is -1.82. The predicted octanol–water partition coefficient (Wildman–Crippen LogP) is 2.75. The molecule has 6 heteroatoms. The molecule has 1 amide bonds. The zero-order valence-electron chi connectivity index (χ0n) is 12.6. The predicted molar refractivity (Wildman–Crippen MR) is 84.4 cm³/mol. The number of carbonyl (C=O) groups is 1. The Morgan fingerprint density at radius 3 is 2.67 bits per heavy atom. The fraction of sp³-hybridized carbons (Fsp3) is 0.400. The van der Waals surface area contributed by atoms with Crippen molar-refractivity contribution in [3.05, 3.63) is 41.5 Å². The molecule has 0 fully saturated rings. The van der Waals surface area contributed by atoms with Gasteiger partial charge in [0.15, 0.2) is 0 Å². The summed E-state index contributed by atoms with van der Waals surface area (Å²) in [6.07, 6.45) is 3.82. The lowest BCUT2D eigenvalue weighted by molar-refractivity contribution is 0.0773. The van der Waals surface area contributed by atoms with Crippen LogP contribution in [0.2, 0.25) is 0 Å². The smallest absolute Gasteiger partial charge is 0.293 e. The molecule has 0 aliphatic heterocycles. The fourth-order valence-electron chi connectivity index (χ4n) is 1.99. The molecule has 2 aromatic rings. The Bertz CT molecular complexity index is 594. The molecule has 112 valence electrons. The van der Waals surface area contributed by atoms with E-state index in [1.165, 1.54) is 4.90 Å². The van der Waals surface area contributed by atoms with Crippen LogP contribution in [0.25, 0.3) is 0 Å². The highest BCUT2D eigenvalue weighted by molar-refractivity contribution is 7.98. The summed E-state index contributed by atoms with van der Waals surface area (Å²) in [5.74, 6) is 0.836. The van der Waals surface area contributed by atoms with E-state index in [4.69, 9.17) is 0 Å². The molecule has 0 saturated carbocycles. The Balaban J connectivity index is 2.00. The first-order valence-electron chi connectivity index (χ1n) is 6.93. The van der Waals surface area contributed by atoms with Gasteiger partial charge < -0.3 is 4.90 Å². The molecule has 0 spiro atoms. The van der Waals surface area contributed by atoms with E-state index in [0.29, 0.717) is 6.54 Å². The second-order valence-electron chi connectivity index (χ2n) is 4.87. The number of nitrogens with one attached hydrogen (secondary N) is 1. The average Bonchev–Trinajstić information content (AvgIpc) is 2.96. The molecule has 2 rings (SSSR count). The Morgan fingerprint density at radius 1 is 1.33 bits per heavy atom. The summed E-state index contributed by atoms with van der Waals surface area (Å²) in [4.78, 5) is 19.3. The third kappa shape index (κ3) is 4.07. The number of aryl methyl sites for hydroxylation is 1. The summed E-state index contributed by atoms with van der Waals surface area (Å²) < 4.78 is 0. The van der Waals surface area contributed by atoms with Crippen molar-refractivity contribution in [3.63, 3.8) is 0 Å². The number of thioether (sulfide) groups is 1. The maximum atomic E-state index is 12.3. The average molecular weight is 304 g/mol. The minimum Gasteiger partial charge on any atom is -0.335 e. The Kier molecular flexibility index (Phi) is 5.38. The minimum atomic E-state index is -0.164. The second kappa shape index (κ2) is 7.26. The van der Waals surface area contributed by atoms with Crippen LogP contribution in [0.5, 0.6) is 0 Å². The van der Waals surface area contributed by atoms with Crippen LogP contribution in [-0.4, -0.2) is 39.3 Å². The highest BCUT2D eigenvalue weighted by Crippen LogP contribution is 2.16. The molecule has 0 radical (unpaired) electrons. The molecule has 1 aromatic carbocycles. The van der Waals surface area contributed by atoms with E-state index in [1.807, 2.05) is 18.4 Å². The number of hydrogen-bond donors (Lipinski definition) is 1. The topological polar surface area (TPSA) is 61.9 Å². The van der Waals surface area contributed by atoms with Crippen molar-refractivity contribution in [2.75, 3.05) is 13.3 Å². The molecule has 0 bridgehead atoms. The van der Waals surface area contributed by atoms with Gasteiger partial charge in [0.1, 0.15) is 5.82 Å². The van der Waals surface area contributed by atoms with Crippen molar-refractivity contribution in [1.29, 1.82) is 0 Å². The molecular weight excluding hydrogens is 284 g/mol. The number of aromatic amines is 1. The van der Waals surface area contributed by atoms with Crippen molar-refractivity contribution in [2.24, 2.45) is 0 Å². The highest BCUT2D eigenvalue weighted by atomic mass is 32.2. The lowest BCUT2D eigenvalue weighted by Gasteiger charge is -2.15. The second-order valence-corrected chi connectivity index (χ2v) is 5.74. The fourth-order valence-corrected chi connectivity index (χ4v) is 2.40. The van der Waals surface area contributed by atoms with Crippen molar-refractivity contribution in [1.82, 2.24) is 20.1 Å². The zero-order valence-corrected chi connectivity index (χ0v) is 13.4.